The first-order valence-electron chi connectivity index (χ1n) is 5.66. The van der Waals surface area contributed by atoms with Gasteiger partial charge in [0, 0.05) is 12.4 Å². The Hall–Kier alpha value is -2.49. The molecule has 1 heterocycles. The zero-order valence-electron chi connectivity index (χ0n) is 10.3. The molecule has 96 valence electrons. The van der Waals surface area contributed by atoms with E-state index < -0.39 is 5.97 Å². The van der Waals surface area contributed by atoms with E-state index in [9.17, 15) is 9.18 Å². The van der Waals surface area contributed by atoms with Crippen molar-refractivity contribution in [3.63, 3.8) is 0 Å². The topological polar surface area (TPSA) is 39.2 Å². The number of ether oxygens (including phenoxy) is 1. The largest absolute Gasteiger partial charge is 0.465 e. The van der Waals surface area contributed by atoms with Gasteiger partial charge in [0.05, 0.1) is 12.7 Å². The number of hydrogen-bond donors (Lipinski definition) is 0. The van der Waals surface area contributed by atoms with Crippen LogP contribution in [0.1, 0.15) is 11.1 Å². The van der Waals surface area contributed by atoms with Crippen molar-refractivity contribution < 1.29 is 13.9 Å². The summed E-state index contributed by atoms with van der Waals surface area (Å²) in [7, 11) is 1.31. The molecule has 4 heteroatoms. The second-order valence-electron chi connectivity index (χ2n) is 3.84. The minimum absolute atomic E-state index is 0.352. The zero-order chi connectivity index (χ0) is 13.7. The molecule has 19 heavy (non-hydrogen) atoms. The number of benzene rings is 1. The summed E-state index contributed by atoms with van der Waals surface area (Å²) in [4.78, 5) is 15.8. The smallest absolute Gasteiger partial charge is 0.338 e. The number of methoxy groups -OCH3 is 1. The van der Waals surface area contributed by atoms with Gasteiger partial charge in [-0.15, -0.1) is 0 Å². The van der Waals surface area contributed by atoms with Crippen LogP contribution in [0.15, 0.2) is 48.8 Å². The molecule has 0 unspecified atom stereocenters. The van der Waals surface area contributed by atoms with Crippen molar-refractivity contribution in [2.24, 2.45) is 0 Å². The standard InChI is InChI=1S/C15H12FNO2/c1-19-15(18)14(9-11-3-2-8-17-10-11)12-4-6-13(16)7-5-12/h2-10H,1H3/b14-9+. The molecule has 0 N–H and O–H groups in total. The van der Waals surface area contributed by atoms with E-state index in [1.165, 1.54) is 31.4 Å². The lowest BCUT2D eigenvalue weighted by Crippen LogP contribution is -2.04. The molecule has 0 aliphatic heterocycles. The zero-order valence-corrected chi connectivity index (χ0v) is 10.3. The van der Waals surface area contributed by atoms with E-state index >= 15 is 0 Å². The Morgan fingerprint density at radius 3 is 2.58 bits per heavy atom. The Labute approximate surface area is 110 Å². The lowest BCUT2D eigenvalue weighted by molar-refractivity contribution is -0.133. The van der Waals surface area contributed by atoms with Gasteiger partial charge in [-0.2, -0.15) is 0 Å². The molecule has 0 amide bonds. The average Bonchev–Trinajstić information content (AvgIpc) is 2.46. The molecule has 2 aromatic rings. The maximum Gasteiger partial charge on any atom is 0.338 e. The van der Waals surface area contributed by atoms with Crippen molar-refractivity contribution in [3.8, 4) is 0 Å². The molecule has 0 radical (unpaired) electrons. The van der Waals surface area contributed by atoms with Crippen LogP contribution in [0.25, 0.3) is 11.6 Å². The first kappa shape index (κ1) is 13.0. The van der Waals surface area contributed by atoms with Crippen LogP contribution < -0.4 is 0 Å². The maximum absolute atomic E-state index is 12.9. The van der Waals surface area contributed by atoms with Gasteiger partial charge in [-0.3, -0.25) is 4.98 Å². The summed E-state index contributed by atoms with van der Waals surface area (Å²) in [5.41, 5.74) is 1.72. The summed E-state index contributed by atoms with van der Waals surface area (Å²) in [6, 6.07) is 9.26. The fourth-order valence-corrected chi connectivity index (χ4v) is 1.63. The van der Waals surface area contributed by atoms with Crippen molar-refractivity contribution >= 4 is 17.6 Å². The van der Waals surface area contributed by atoms with E-state index in [0.717, 1.165) is 5.56 Å². The molecule has 0 aliphatic carbocycles. The number of carbonyl (C=O) groups is 1. The van der Waals surface area contributed by atoms with Gasteiger partial charge in [-0.1, -0.05) is 18.2 Å². The second-order valence-corrected chi connectivity index (χ2v) is 3.84. The molecule has 0 saturated carbocycles. The Bertz CT molecular complexity index is 591. The van der Waals surface area contributed by atoms with Gasteiger partial charge >= 0.3 is 5.97 Å². The number of halogens is 1. The van der Waals surface area contributed by atoms with Gasteiger partial charge in [0.1, 0.15) is 5.82 Å². The van der Waals surface area contributed by atoms with E-state index in [2.05, 4.69) is 4.98 Å². The van der Waals surface area contributed by atoms with Crippen molar-refractivity contribution in [2.75, 3.05) is 7.11 Å². The monoisotopic (exact) mass is 257 g/mol. The predicted octanol–water partition coefficient (Wildman–Crippen LogP) is 2.93. The molecule has 0 fully saturated rings. The minimum Gasteiger partial charge on any atom is -0.465 e. The molecule has 1 aromatic carbocycles. The van der Waals surface area contributed by atoms with Gasteiger partial charge in [-0.25, -0.2) is 9.18 Å². The molecule has 0 aliphatic rings. The highest BCUT2D eigenvalue weighted by molar-refractivity contribution is 6.21. The maximum atomic E-state index is 12.9. The van der Waals surface area contributed by atoms with Gasteiger partial charge in [-0.05, 0) is 35.4 Å². The number of nitrogens with zero attached hydrogens (tertiary/aromatic N) is 1. The second kappa shape index (κ2) is 5.91. The third kappa shape index (κ3) is 3.25. The van der Waals surface area contributed by atoms with E-state index in [1.807, 2.05) is 6.07 Å². The van der Waals surface area contributed by atoms with Crippen molar-refractivity contribution in [1.82, 2.24) is 4.98 Å². The molecule has 0 atom stereocenters. The van der Waals surface area contributed by atoms with Crippen LogP contribution in [0.2, 0.25) is 0 Å². The fraction of sp³-hybridized carbons (Fsp3) is 0.0667. The van der Waals surface area contributed by atoms with Gasteiger partial charge in [0.25, 0.3) is 0 Å². The van der Waals surface area contributed by atoms with Gasteiger partial charge in [0.15, 0.2) is 0 Å². The first-order valence-corrected chi connectivity index (χ1v) is 5.66. The molecule has 0 saturated heterocycles. The van der Waals surface area contributed by atoms with Crippen LogP contribution in [0.4, 0.5) is 4.39 Å². The van der Waals surface area contributed by atoms with Crippen LogP contribution in [0.5, 0.6) is 0 Å². The number of carbonyl (C=O) groups excluding carboxylic acids is 1. The van der Waals surface area contributed by atoms with Gasteiger partial charge in [0.2, 0.25) is 0 Å². The lowest BCUT2D eigenvalue weighted by Gasteiger charge is -2.06. The number of aromatic nitrogens is 1. The summed E-state index contributed by atoms with van der Waals surface area (Å²) in [5.74, 6) is -0.829. The van der Waals surface area contributed by atoms with Crippen molar-refractivity contribution in [1.29, 1.82) is 0 Å². The summed E-state index contributed by atoms with van der Waals surface area (Å²) in [6.07, 6.45) is 4.94. The fourth-order valence-electron chi connectivity index (χ4n) is 1.63. The van der Waals surface area contributed by atoms with Crippen LogP contribution in [0, 0.1) is 5.82 Å². The number of esters is 1. The number of rotatable bonds is 3. The molecule has 0 bridgehead atoms. The summed E-state index contributed by atoms with van der Waals surface area (Å²) < 4.78 is 17.7. The highest BCUT2D eigenvalue weighted by atomic mass is 19.1. The van der Waals surface area contributed by atoms with Crippen LogP contribution in [-0.2, 0) is 9.53 Å². The highest BCUT2D eigenvalue weighted by Crippen LogP contribution is 2.19. The molecule has 1 aromatic heterocycles. The molecule has 0 spiro atoms. The third-order valence-electron chi connectivity index (χ3n) is 2.56. The van der Waals surface area contributed by atoms with Crippen LogP contribution in [-0.4, -0.2) is 18.1 Å². The molecule has 2 rings (SSSR count). The SMILES string of the molecule is COC(=O)/C(=C/c1cccnc1)c1ccc(F)cc1. The van der Waals surface area contributed by atoms with E-state index in [0.29, 0.717) is 11.1 Å². The summed E-state index contributed by atoms with van der Waals surface area (Å²) >= 11 is 0. The first-order chi connectivity index (χ1) is 9.20. The number of hydrogen-bond acceptors (Lipinski definition) is 3. The Morgan fingerprint density at radius 2 is 2.00 bits per heavy atom. The number of pyridine rings is 1. The van der Waals surface area contributed by atoms with E-state index in [-0.39, 0.29) is 5.82 Å². The molecular formula is C15H12FNO2. The van der Waals surface area contributed by atoms with Crippen LogP contribution >= 0.6 is 0 Å². The predicted molar refractivity (Wildman–Crippen MR) is 70.5 cm³/mol. The highest BCUT2D eigenvalue weighted by Gasteiger charge is 2.12. The molecular weight excluding hydrogens is 245 g/mol. The van der Waals surface area contributed by atoms with Crippen molar-refractivity contribution in [2.45, 2.75) is 0 Å². The minimum atomic E-state index is -0.476. The third-order valence-corrected chi connectivity index (χ3v) is 2.56. The van der Waals surface area contributed by atoms with E-state index in [1.54, 1.807) is 24.5 Å². The Balaban J connectivity index is 2.45. The van der Waals surface area contributed by atoms with Gasteiger partial charge < -0.3 is 4.74 Å². The quantitative estimate of drug-likeness (QED) is 0.627. The molecule has 3 nitrogen and oxygen atoms in total. The Morgan fingerprint density at radius 1 is 1.26 bits per heavy atom. The normalized spacial score (nSPS) is 11.2. The lowest BCUT2D eigenvalue weighted by atomic mass is 10.0. The summed E-state index contributed by atoms with van der Waals surface area (Å²) in [6.45, 7) is 0. The van der Waals surface area contributed by atoms with E-state index in [4.69, 9.17) is 4.74 Å². The van der Waals surface area contributed by atoms with Crippen LogP contribution in [0.3, 0.4) is 0 Å². The average molecular weight is 257 g/mol. The van der Waals surface area contributed by atoms with Crippen molar-refractivity contribution in [3.05, 3.63) is 65.7 Å². The summed E-state index contributed by atoms with van der Waals surface area (Å²) in [5, 5.41) is 0. The Kier molecular flexibility index (Phi) is 4.03.